The van der Waals surface area contributed by atoms with Crippen LogP contribution in [-0.4, -0.2) is 65.0 Å². The van der Waals surface area contributed by atoms with Crippen molar-refractivity contribution >= 4 is 28.4 Å². The molecule has 29 heavy (non-hydrogen) atoms. The number of carbonyl (C=O) groups is 1. The van der Waals surface area contributed by atoms with Crippen molar-refractivity contribution in [3.63, 3.8) is 0 Å². The van der Waals surface area contributed by atoms with Crippen molar-refractivity contribution < 1.29 is 4.79 Å². The van der Waals surface area contributed by atoms with E-state index in [4.69, 9.17) is 4.98 Å². The number of anilines is 2. The van der Waals surface area contributed by atoms with E-state index in [-0.39, 0.29) is 5.91 Å². The van der Waals surface area contributed by atoms with Gasteiger partial charge in [0.1, 0.15) is 5.82 Å². The third kappa shape index (κ3) is 3.37. The Balaban J connectivity index is 1.30. The Kier molecular flexibility index (Phi) is 4.50. The standard InChI is InChI=1S/C22H24N6O/c1-16(29)26-10-12-27(13-11-26)22-21(23-8-9-24-22)18-14-28(15-18)20-7-6-17-4-2-3-5-19(17)25-20/h2-9,18H,10-15H2,1H3. The second kappa shape index (κ2) is 7.31. The molecule has 0 unspecified atom stereocenters. The van der Waals surface area contributed by atoms with Crippen LogP contribution in [-0.2, 0) is 4.79 Å². The zero-order valence-electron chi connectivity index (χ0n) is 16.5. The highest BCUT2D eigenvalue weighted by molar-refractivity contribution is 5.80. The highest BCUT2D eigenvalue weighted by Gasteiger charge is 2.34. The van der Waals surface area contributed by atoms with Gasteiger partial charge in [0.15, 0.2) is 5.82 Å². The van der Waals surface area contributed by atoms with Crippen LogP contribution < -0.4 is 9.80 Å². The van der Waals surface area contributed by atoms with Gasteiger partial charge in [-0.25, -0.2) is 9.97 Å². The van der Waals surface area contributed by atoms with Crippen LogP contribution >= 0.6 is 0 Å². The van der Waals surface area contributed by atoms with Gasteiger partial charge in [0.05, 0.1) is 11.2 Å². The van der Waals surface area contributed by atoms with Crippen molar-refractivity contribution in [1.82, 2.24) is 19.9 Å². The summed E-state index contributed by atoms with van der Waals surface area (Å²) in [6.45, 7) is 6.50. The van der Waals surface area contributed by atoms with Crippen LogP contribution in [0.1, 0.15) is 18.5 Å². The number of piperazine rings is 1. The second-order valence-corrected chi connectivity index (χ2v) is 7.72. The van der Waals surface area contributed by atoms with Crippen LogP contribution in [0, 0.1) is 0 Å². The maximum absolute atomic E-state index is 11.6. The monoisotopic (exact) mass is 388 g/mol. The molecule has 2 aliphatic heterocycles. The van der Waals surface area contributed by atoms with E-state index in [1.807, 2.05) is 17.0 Å². The molecule has 1 aromatic carbocycles. The van der Waals surface area contributed by atoms with Crippen molar-refractivity contribution in [2.24, 2.45) is 0 Å². The molecular formula is C22H24N6O. The first-order valence-electron chi connectivity index (χ1n) is 10.1. The Hall–Kier alpha value is -3.22. The van der Waals surface area contributed by atoms with E-state index in [0.29, 0.717) is 5.92 Å². The molecular weight excluding hydrogens is 364 g/mol. The third-order valence-electron chi connectivity index (χ3n) is 5.91. The van der Waals surface area contributed by atoms with Gasteiger partial charge in [-0.1, -0.05) is 18.2 Å². The summed E-state index contributed by atoms with van der Waals surface area (Å²) in [7, 11) is 0. The van der Waals surface area contributed by atoms with Gasteiger partial charge in [-0.3, -0.25) is 9.78 Å². The van der Waals surface area contributed by atoms with E-state index in [0.717, 1.165) is 67.5 Å². The molecule has 2 aliphatic rings. The van der Waals surface area contributed by atoms with Gasteiger partial charge in [0, 0.05) is 69.9 Å². The lowest BCUT2D eigenvalue weighted by Gasteiger charge is -2.42. The molecule has 1 amide bonds. The number of amides is 1. The van der Waals surface area contributed by atoms with Crippen molar-refractivity contribution in [1.29, 1.82) is 0 Å². The van der Waals surface area contributed by atoms with E-state index < -0.39 is 0 Å². The van der Waals surface area contributed by atoms with Gasteiger partial charge in [-0.15, -0.1) is 0 Å². The fraction of sp³-hybridized carbons (Fsp3) is 0.364. The van der Waals surface area contributed by atoms with Gasteiger partial charge in [-0.2, -0.15) is 0 Å². The largest absolute Gasteiger partial charge is 0.355 e. The topological polar surface area (TPSA) is 65.5 Å². The number of rotatable bonds is 3. The molecule has 148 valence electrons. The highest BCUT2D eigenvalue weighted by Crippen LogP contribution is 2.34. The summed E-state index contributed by atoms with van der Waals surface area (Å²) in [6.07, 6.45) is 3.54. The van der Waals surface area contributed by atoms with Gasteiger partial charge in [0.2, 0.25) is 5.91 Å². The van der Waals surface area contributed by atoms with Crippen molar-refractivity contribution in [3.8, 4) is 0 Å². The first-order chi connectivity index (χ1) is 14.2. The lowest BCUT2D eigenvalue weighted by atomic mass is 9.95. The Morgan fingerprint density at radius 2 is 1.69 bits per heavy atom. The van der Waals surface area contributed by atoms with Crippen molar-refractivity contribution in [2.45, 2.75) is 12.8 Å². The summed E-state index contributed by atoms with van der Waals surface area (Å²) in [4.78, 5) is 32.2. The minimum Gasteiger partial charge on any atom is -0.355 e. The van der Waals surface area contributed by atoms with Gasteiger partial charge < -0.3 is 14.7 Å². The predicted octanol–water partition coefficient (Wildman–Crippen LogP) is 2.30. The number of aromatic nitrogens is 3. The number of fused-ring (bicyclic) bond motifs is 1. The van der Waals surface area contributed by atoms with Crippen molar-refractivity contribution in [3.05, 3.63) is 54.5 Å². The number of carbonyl (C=O) groups excluding carboxylic acids is 1. The fourth-order valence-corrected chi connectivity index (χ4v) is 4.18. The molecule has 0 bridgehead atoms. The van der Waals surface area contributed by atoms with Gasteiger partial charge in [-0.05, 0) is 18.2 Å². The van der Waals surface area contributed by atoms with Crippen LogP contribution in [0.3, 0.4) is 0 Å². The second-order valence-electron chi connectivity index (χ2n) is 7.72. The van der Waals surface area contributed by atoms with E-state index in [1.54, 1.807) is 19.3 Å². The van der Waals surface area contributed by atoms with Crippen LogP contribution in [0.15, 0.2) is 48.8 Å². The molecule has 2 fully saturated rings. The average molecular weight is 388 g/mol. The molecule has 2 aromatic heterocycles. The van der Waals surface area contributed by atoms with Crippen LogP contribution in [0.4, 0.5) is 11.6 Å². The first kappa shape index (κ1) is 17.8. The number of hydrogen-bond donors (Lipinski definition) is 0. The molecule has 7 heteroatoms. The lowest BCUT2D eigenvalue weighted by molar-refractivity contribution is -0.129. The number of benzene rings is 1. The zero-order valence-corrected chi connectivity index (χ0v) is 16.5. The highest BCUT2D eigenvalue weighted by atomic mass is 16.2. The smallest absolute Gasteiger partial charge is 0.219 e. The molecule has 0 spiro atoms. The summed E-state index contributed by atoms with van der Waals surface area (Å²) in [5.41, 5.74) is 2.08. The van der Waals surface area contributed by atoms with E-state index >= 15 is 0 Å². The Labute approximate surface area is 170 Å². The summed E-state index contributed by atoms with van der Waals surface area (Å²) in [5.74, 6) is 2.46. The van der Waals surface area contributed by atoms with Crippen LogP contribution in [0.2, 0.25) is 0 Å². The molecule has 4 heterocycles. The number of para-hydroxylation sites is 1. The van der Waals surface area contributed by atoms with Crippen molar-refractivity contribution in [2.75, 3.05) is 49.1 Å². The minimum absolute atomic E-state index is 0.140. The molecule has 0 saturated carbocycles. The third-order valence-corrected chi connectivity index (χ3v) is 5.91. The zero-order chi connectivity index (χ0) is 19.8. The maximum atomic E-state index is 11.6. The summed E-state index contributed by atoms with van der Waals surface area (Å²) >= 11 is 0. The predicted molar refractivity (Wildman–Crippen MR) is 113 cm³/mol. The number of nitrogens with zero attached hydrogens (tertiary/aromatic N) is 6. The Morgan fingerprint density at radius 3 is 2.48 bits per heavy atom. The SMILES string of the molecule is CC(=O)N1CCN(c2nccnc2C2CN(c3ccc4ccccc4n3)C2)CC1. The average Bonchev–Trinajstić information content (AvgIpc) is 2.73. The summed E-state index contributed by atoms with van der Waals surface area (Å²) in [5, 5.41) is 1.16. The number of pyridine rings is 1. The lowest BCUT2D eigenvalue weighted by Crippen LogP contribution is -2.50. The van der Waals surface area contributed by atoms with E-state index in [2.05, 4.69) is 44.0 Å². The Morgan fingerprint density at radius 1 is 0.931 bits per heavy atom. The minimum atomic E-state index is 0.140. The normalized spacial score (nSPS) is 17.5. The summed E-state index contributed by atoms with van der Waals surface area (Å²) in [6, 6.07) is 12.4. The maximum Gasteiger partial charge on any atom is 0.219 e. The molecule has 3 aromatic rings. The summed E-state index contributed by atoms with van der Waals surface area (Å²) < 4.78 is 0. The van der Waals surface area contributed by atoms with Gasteiger partial charge >= 0.3 is 0 Å². The molecule has 0 N–H and O–H groups in total. The van der Waals surface area contributed by atoms with E-state index in [9.17, 15) is 4.79 Å². The van der Waals surface area contributed by atoms with E-state index in [1.165, 1.54) is 0 Å². The Bertz CT molecular complexity index is 1040. The molecule has 0 atom stereocenters. The molecule has 5 rings (SSSR count). The van der Waals surface area contributed by atoms with Gasteiger partial charge in [0.25, 0.3) is 0 Å². The first-order valence-corrected chi connectivity index (χ1v) is 10.1. The van der Waals surface area contributed by atoms with Crippen LogP contribution in [0.25, 0.3) is 10.9 Å². The number of hydrogen-bond acceptors (Lipinski definition) is 6. The fourth-order valence-electron chi connectivity index (χ4n) is 4.18. The van der Waals surface area contributed by atoms with Crippen LogP contribution in [0.5, 0.6) is 0 Å². The molecule has 0 aliphatic carbocycles. The molecule has 0 radical (unpaired) electrons. The quantitative estimate of drug-likeness (QED) is 0.686. The molecule has 7 nitrogen and oxygen atoms in total. The molecule has 2 saturated heterocycles.